The molecule has 8 aromatic rings. The molecule has 0 radical (unpaired) electrons. The van der Waals surface area contributed by atoms with E-state index in [-0.39, 0.29) is 72.0 Å². The van der Waals surface area contributed by atoms with Gasteiger partial charge in [-0.1, -0.05) is 27.7 Å². The van der Waals surface area contributed by atoms with Gasteiger partial charge in [-0.3, -0.25) is 38.4 Å². The Kier molecular flexibility index (Phi) is 35.7. The number of carbonyl (C=O) groups is 4. The van der Waals surface area contributed by atoms with Crippen molar-refractivity contribution in [2.75, 3.05) is 28.2 Å². The van der Waals surface area contributed by atoms with Crippen molar-refractivity contribution in [3.8, 4) is 0 Å². The number of thiophene rings is 4. The van der Waals surface area contributed by atoms with E-state index in [0.29, 0.717) is 93.8 Å². The van der Waals surface area contributed by atoms with Crippen LogP contribution in [-0.2, 0) is 26.2 Å². The number of nitrogens with one attached hydrogen (secondary N) is 8. The molecule has 120 heavy (non-hydrogen) atoms. The van der Waals surface area contributed by atoms with E-state index in [2.05, 4.69) is 135 Å². The number of H-pyrrole nitrogens is 4. The van der Waals surface area contributed by atoms with Crippen molar-refractivity contribution < 1.29 is 19.2 Å². The molecule has 12 N–H and O–H groups in total. The molecule has 20 nitrogen and oxygen atoms in total. The van der Waals surface area contributed by atoms with E-state index in [1.807, 2.05) is 101 Å². The molecule has 0 bridgehead atoms. The predicted octanol–water partition coefficient (Wildman–Crippen LogP) is 18.4. The van der Waals surface area contributed by atoms with Gasteiger partial charge in [0.1, 0.15) is 0 Å². The lowest BCUT2D eigenvalue weighted by molar-refractivity contribution is 0.0942. The molecule has 4 aliphatic rings. The minimum absolute atomic E-state index is 0.0921. The molecule has 656 valence electrons. The number of pyridine rings is 4. The van der Waals surface area contributed by atoms with Crippen LogP contribution in [0.5, 0.6) is 0 Å². The van der Waals surface area contributed by atoms with Gasteiger partial charge in [0.05, 0.1) is 22.3 Å². The second-order valence-corrected chi connectivity index (χ2v) is 39.2. The number of aryl methyl sites for hydroxylation is 8. The van der Waals surface area contributed by atoms with Crippen molar-refractivity contribution >= 4 is 69.0 Å². The Morgan fingerprint density at radius 2 is 0.533 bits per heavy atom. The molecule has 8 aromatic heterocycles. The fraction of sp³-hybridized carbons (Fsp3) is 0.583. The molecule has 4 fully saturated rings. The molecule has 8 heterocycles. The molecule has 0 spiro atoms. The van der Waals surface area contributed by atoms with Crippen molar-refractivity contribution in [2.45, 2.75) is 313 Å². The minimum Gasteiger partial charge on any atom is -0.348 e. The molecule has 4 unspecified atom stereocenters. The smallest absolute Gasteiger partial charge is 0.253 e. The summed E-state index contributed by atoms with van der Waals surface area (Å²) >= 11 is 6.86. The minimum atomic E-state index is -0.132. The van der Waals surface area contributed by atoms with Crippen LogP contribution < -0.4 is 55.0 Å². The maximum atomic E-state index is 12.9. The van der Waals surface area contributed by atoms with E-state index < -0.39 is 0 Å². The molecule has 0 saturated heterocycles. The Morgan fingerprint density at radius 1 is 0.342 bits per heavy atom. The molecule has 12 rings (SSSR count). The Balaban J connectivity index is 0.000000182. The number of hydrogen-bond donors (Lipinski definition) is 10. The van der Waals surface area contributed by atoms with Gasteiger partial charge in [-0.2, -0.15) is 0 Å². The van der Waals surface area contributed by atoms with Gasteiger partial charge in [0.25, 0.3) is 45.9 Å². The molecule has 0 aliphatic heterocycles. The van der Waals surface area contributed by atoms with E-state index >= 15 is 0 Å². The number of nitrogens with two attached hydrogens (primary N) is 2. The van der Waals surface area contributed by atoms with Gasteiger partial charge < -0.3 is 62.5 Å². The number of amides is 4. The maximum Gasteiger partial charge on any atom is 0.253 e. The molecule has 4 aliphatic carbocycles. The first-order valence-corrected chi connectivity index (χ1v) is 47.7. The van der Waals surface area contributed by atoms with Gasteiger partial charge in [-0.05, 0) is 356 Å². The lowest BCUT2D eigenvalue weighted by atomic mass is 9.75. The fourth-order valence-electron chi connectivity index (χ4n) is 19.6. The molecular formula is C96H140N12O8S4. The van der Waals surface area contributed by atoms with Crippen LogP contribution in [0.4, 0.5) is 0 Å². The highest BCUT2D eigenvalue weighted by Crippen LogP contribution is 2.47. The van der Waals surface area contributed by atoms with Crippen LogP contribution in [0.15, 0.2) is 65.0 Å². The van der Waals surface area contributed by atoms with Crippen molar-refractivity contribution in [1.82, 2.24) is 51.0 Å². The number of aromatic amines is 4. The van der Waals surface area contributed by atoms with Crippen molar-refractivity contribution in [3.05, 3.63) is 219 Å². The SMILES string of the molecule is CCC(c1scc(C(=O)NCc2c(C)cc(C)[nH]c2=O)c1C)C1CCC(N(C)C)CC1.CCC(c1scc(C(=O)NCc2c(C)cc(C)[nH]c2=O)c1C)C1CCC(N(C)C)CC1.CCC(c1scc(C(=O)NCc2c(C)cc(C)[nH]c2=O)c1C)C1CCC(N)CC1.CCC(c1scc(C(=O)NCc2c(C)cc(C)[nH]c2=O)c1C)C1CCC(N)CC1. The highest BCUT2D eigenvalue weighted by Gasteiger charge is 2.36. The van der Waals surface area contributed by atoms with Crippen LogP contribution in [0, 0.1) is 107 Å². The monoisotopic (exact) mass is 1720 g/mol. The predicted molar refractivity (Wildman–Crippen MR) is 498 cm³/mol. The molecule has 0 aromatic carbocycles. The van der Waals surface area contributed by atoms with Gasteiger partial charge in [0.2, 0.25) is 0 Å². The third-order valence-corrected chi connectivity index (χ3v) is 31.8. The van der Waals surface area contributed by atoms with E-state index in [0.717, 1.165) is 141 Å². The summed E-state index contributed by atoms with van der Waals surface area (Å²) in [6.45, 7) is 33.3. The first-order valence-electron chi connectivity index (χ1n) is 44.1. The zero-order valence-corrected chi connectivity index (χ0v) is 78.7. The average Bonchev–Trinajstić information content (AvgIpc) is 1.67. The quantitative estimate of drug-likeness (QED) is 0.0242. The zero-order valence-electron chi connectivity index (χ0n) is 75.5. The lowest BCUT2D eigenvalue weighted by Gasteiger charge is -2.36. The van der Waals surface area contributed by atoms with Crippen molar-refractivity contribution in [1.29, 1.82) is 0 Å². The second-order valence-electron chi connectivity index (χ2n) is 35.5. The van der Waals surface area contributed by atoms with E-state index in [4.69, 9.17) is 11.5 Å². The van der Waals surface area contributed by atoms with Crippen molar-refractivity contribution in [2.24, 2.45) is 35.1 Å². The van der Waals surface area contributed by atoms with E-state index in [9.17, 15) is 38.4 Å². The number of nitrogens with zero attached hydrogens (tertiary/aromatic N) is 2. The van der Waals surface area contributed by atoms with Crippen LogP contribution in [0.25, 0.3) is 0 Å². The van der Waals surface area contributed by atoms with Gasteiger partial charge in [0, 0.05) is 136 Å². The summed E-state index contributed by atoms with van der Waals surface area (Å²) in [5, 5.41) is 19.8. The fourth-order valence-corrected chi connectivity index (χ4v) is 25.0. The standard InChI is InChI=1S/2C25H37N3O2S.2C23H33N3O2S/c2*1-7-20(18-8-10-19(11-9-18)28(5)6)23-17(4)22(14-31-23)24(29)26-13-21-15(2)12-16(3)27-25(21)30;2*1-5-18(16-6-8-17(24)9-7-16)21-15(4)20(12-29-21)22(27)25-11-19-13(2)10-14(3)26-23(19)28/h2*12,14,18-20H,7-11,13H2,1-6H3,(H,26,29)(H,27,30);2*10,12,16-18H,5-9,11,24H2,1-4H3,(H,25,27)(H,26,28). The maximum absolute atomic E-state index is 12.9. The summed E-state index contributed by atoms with van der Waals surface area (Å²) in [5.74, 6) is 4.35. The highest BCUT2D eigenvalue weighted by molar-refractivity contribution is 7.11. The molecule has 4 amide bonds. The van der Waals surface area contributed by atoms with Crippen molar-refractivity contribution in [3.63, 3.8) is 0 Å². The Labute approximate surface area is 729 Å². The zero-order chi connectivity index (χ0) is 87.7. The number of rotatable bonds is 26. The van der Waals surface area contributed by atoms with E-state index in [1.54, 1.807) is 45.3 Å². The molecule has 4 atom stereocenters. The number of carbonyl (C=O) groups excluding carboxylic acids is 4. The lowest BCUT2D eigenvalue weighted by Crippen LogP contribution is -2.33. The van der Waals surface area contributed by atoms with Crippen LogP contribution in [0.2, 0.25) is 0 Å². The number of hydrogen-bond acceptors (Lipinski definition) is 16. The highest BCUT2D eigenvalue weighted by atomic mass is 32.1. The summed E-state index contributed by atoms with van der Waals surface area (Å²) in [7, 11) is 8.73. The van der Waals surface area contributed by atoms with Crippen LogP contribution in [0.1, 0.15) is 330 Å². The number of aromatic nitrogens is 4. The Bertz CT molecular complexity index is 4710. The normalized spacial score (nSPS) is 20.3. The third-order valence-electron chi connectivity index (χ3n) is 26.9. The van der Waals surface area contributed by atoms with Crippen LogP contribution in [0.3, 0.4) is 0 Å². The molecule has 4 saturated carbocycles. The Morgan fingerprint density at radius 3 is 0.708 bits per heavy atom. The summed E-state index contributed by atoms with van der Waals surface area (Å²) < 4.78 is 0. The van der Waals surface area contributed by atoms with Gasteiger partial charge in [0.15, 0.2) is 0 Å². The summed E-state index contributed by atoms with van der Waals surface area (Å²) in [6, 6.07) is 9.84. The summed E-state index contributed by atoms with van der Waals surface area (Å²) in [5.41, 5.74) is 28.4. The largest absolute Gasteiger partial charge is 0.348 e. The second kappa shape index (κ2) is 44.6. The van der Waals surface area contributed by atoms with E-state index in [1.165, 1.54) is 96.6 Å². The van der Waals surface area contributed by atoms with Gasteiger partial charge in [-0.15, -0.1) is 45.3 Å². The summed E-state index contributed by atoms with van der Waals surface area (Å²) in [6.07, 6.45) is 23.6. The Hall–Kier alpha value is -7.68. The van der Waals surface area contributed by atoms with Gasteiger partial charge in [-0.25, -0.2) is 0 Å². The average molecular weight is 1720 g/mol. The van der Waals surface area contributed by atoms with Crippen LogP contribution in [-0.4, -0.2) is 106 Å². The molecule has 24 heteroatoms. The molecular weight excluding hydrogens is 1580 g/mol. The summed E-state index contributed by atoms with van der Waals surface area (Å²) in [4.78, 5) is 122. The van der Waals surface area contributed by atoms with Crippen LogP contribution >= 0.6 is 45.3 Å². The first kappa shape index (κ1) is 96.1. The first-order chi connectivity index (χ1) is 57.1. The topological polar surface area (TPSA) is 306 Å². The van der Waals surface area contributed by atoms with Gasteiger partial charge >= 0.3 is 0 Å². The third kappa shape index (κ3) is 24.4.